The number of pyridine rings is 1. The van der Waals surface area contributed by atoms with E-state index < -0.39 is 0 Å². The Morgan fingerprint density at radius 2 is 2.07 bits per heavy atom. The lowest BCUT2D eigenvalue weighted by Gasteiger charge is -2.38. The first-order valence-electron chi connectivity index (χ1n) is 9.09. The highest BCUT2D eigenvalue weighted by Crippen LogP contribution is 2.48. The Labute approximate surface area is 171 Å². The molecule has 2 aliphatic heterocycles. The molecule has 5 rings (SSSR count). The van der Waals surface area contributed by atoms with Gasteiger partial charge in [-0.05, 0) is 36.4 Å². The van der Waals surface area contributed by atoms with Crippen molar-refractivity contribution < 1.29 is 9.47 Å². The number of ether oxygens (including phenoxy) is 2. The van der Waals surface area contributed by atoms with E-state index in [1.54, 1.807) is 13.3 Å². The first-order valence-corrected chi connectivity index (χ1v) is 9.88. The Hall–Kier alpha value is -2.86. The van der Waals surface area contributed by atoms with Gasteiger partial charge in [-0.15, -0.1) is 0 Å². The van der Waals surface area contributed by atoms with Crippen LogP contribution in [0.2, 0.25) is 0 Å². The number of nitrogens with zero attached hydrogens (tertiary/aromatic N) is 3. The summed E-state index contributed by atoms with van der Waals surface area (Å²) in [6.45, 7) is 0. The zero-order chi connectivity index (χ0) is 19.1. The SMILES string of the molecule is COc1cccc(C2=NN3[C@@H](C2)c2cc(Br)ccc2O[C@H]3c2cccnc2)c1. The van der Waals surface area contributed by atoms with Gasteiger partial charge in [0.15, 0.2) is 0 Å². The van der Waals surface area contributed by atoms with E-state index in [-0.39, 0.29) is 12.3 Å². The molecule has 1 aromatic heterocycles. The minimum absolute atomic E-state index is 0.104. The molecule has 0 fully saturated rings. The summed E-state index contributed by atoms with van der Waals surface area (Å²) in [4.78, 5) is 4.26. The smallest absolute Gasteiger partial charge is 0.215 e. The summed E-state index contributed by atoms with van der Waals surface area (Å²) in [5, 5.41) is 7.02. The van der Waals surface area contributed by atoms with Crippen molar-refractivity contribution in [1.29, 1.82) is 0 Å². The maximum atomic E-state index is 6.35. The van der Waals surface area contributed by atoms with E-state index in [0.29, 0.717) is 0 Å². The van der Waals surface area contributed by atoms with Crippen molar-refractivity contribution in [2.75, 3.05) is 7.11 Å². The third kappa shape index (κ3) is 2.94. The summed E-state index contributed by atoms with van der Waals surface area (Å²) >= 11 is 3.59. The fourth-order valence-electron chi connectivity index (χ4n) is 3.78. The van der Waals surface area contributed by atoms with Gasteiger partial charge in [-0.1, -0.05) is 34.1 Å². The molecule has 0 radical (unpaired) electrons. The first kappa shape index (κ1) is 17.3. The van der Waals surface area contributed by atoms with Crippen LogP contribution in [0.5, 0.6) is 11.5 Å². The van der Waals surface area contributed by atoms with Gasteiger partial charge in [-0.25, -0.2) is 5.01 Å². The molecule has 28 heavy (non-hydrogen) atoms. The number of rotatable bonds is 3. The molecular weight excluding hydrogens is 418 g/mol. The van der Waals surface area contributed by atoms with Crippen LogP contribution in [0.25, 0.3) is 0 Å². The molecule has 0 saturated heterocycles. The van der Waals surface area contributed by atoms with E-state index in [1.165, 1.54) is 0 Å². The van der Waals surface area contributed by atoms with Gasteiger partial charge in [0.25, 0.3) is 0 Å². The summed E-state index contributed by atoms with van der Waals surface area (Å²) in [6.07, 6.45) is 4.10. The number of fused-ring (bicyclic) bond motifs is 3. The number of hydrogen-bond acceptors (Lipinski definition) is 5. The lowest BCUT2D eigenvalue weighted by atomic mass is 9.96. The van der Waals surface area contributed by atoms with Gasteiger partial charge in [0.1, 0.15) is 11.5 Å². The van der Waals surface area contributed by atoms with Gasteiger partial charge >= 0.3 is 0 Å². The quantitative estimate of drug-likeness (QED) is 0.574. The van der Waals surface area contributed by atoms with Gasteiger partial charge in [-0.3, -0.25) is 4.98 Å². The number of halogens is 1. The average Bonchev–Trinajstić information content (AvgIpc) is 3.20. The van der Waals surface area contributed by atoms with Crippen LogP contribution in [0.1, 0.15) is 35.4 Å². The van der Waals surface area contributed by atoms with Crippen molar-refractivity contribution in [2.24, 2.45) is 5.10 Å². The Bertz CT molecular complexity index is 1050. The van der Waals surface area contributed by atoms with Crippen molar-refractivity contribution >= 4 is 21.6 Å². The summed E-state index contributed by atoms with van der Waals surface area (Å²) < 4.78 is 12.8. The molecule has 0 N–H and O–H groups in total. The van der Waals surface area contributed by atoms with Crippen LogP contribution in [0.3, 0.4) is 0 Å². The Morgan fingerprint density at radius 1 is 1.14 bits per heavy atom. The number of hydrazone groups is 1. The van der Waals surface area contributed by atoms with Gasteiger partial charge in [0.2, 0.25) is 6.23 Å². The van der Waals surface area contributed by atoms with Gasteiger partial charge < -0.3 is 9.47 Å². The van der Waals surface area contributed by atoms with E-state index in [4.69, 9.17) is 14.6 Å². The molecule has 0 bridgehead atoms. The van der Waals surface area contributed by atoms with E-state index >= 15 is 0 Å². The van der Waals surface area contributed by atoms with Crippen molar-refractivity contribution in [3.8, 4) is 11.5 Å². The zero-order valence-corrected chi connectivity index (χ0v) is 16.8. The van der Waals surface area contributed by atoms with Crippen molar-refractivity contribution in [2.45, 2.75) is 18.7 Å². The molecular formula is C22H18BrN3O2. The van der Waals surface area contributed by atoms with E-state index in [0.717, 1.165) is 44.8 Å². The summed E-state index contributed by atoms with van der Waals surface area (Å²) in [5.74, 6) is 1.72. The molecule has 140 valence electrons. The standard InChI is InChI=1S/C22H18BrN3O2/c1-27-17-6-2-4-14(10-17)19-12-20-18-11-16(23)7-8-21(18)28-22(26(20)25-19)15-5-3-9-24-13-15/h2-11,13,20,22H,12H2,1H3/t20-,22-/m0/s1. The topological polar surface area (TPSA) is 47.0 Å². The second kappa shape index (κ2) is 6.95. The molecule has 2 aromatic carbocycles. The monoisotopic (exact) mass is 435 g/mol. The van der Waals surface area contributed by atoms with Crippen LogP contribution < -0.4 is 9.47 Å². The highest BCUT2D eigenvalue weighted by molar-refractivity contribution is 9.10. The predicted octanol–water partition coefficient (Wildman–Crippen LogP) is 5.10. The second-order valence-electron chi connectivity index (χ2n) is 6.82. The third-order valence-corrected chi connectivity index (χ3v) is 5.62. The minimum Gasteiger partial charge on any atom is -0.497 e. The predicted molar refractivity (Wildman–Crippen MR) is 110 cm³/mol. The third-order valence-electron chi connectivity index (χ3n) is 5.12. The fraction of sp³-hybridized carbons (Fsp3) is 0.182. The molecule has 3 aromatic rings. The molecule has 3 heterocycles. The lowest BCUT2D eigenvalue weighted by molar-refractivity contribution is -0.0192. The minimum atomic E-state index is -0.310. The number of aromatic nitrogens is 1. The Kier molecular flexibility index (Phi) is 4.28. The molecule has 0 saturated carbocycles. The second-order valence-corrected chi connectivity index (χ2v) is 7.73. The first-order chi connectivity index (χ1) is 13.7. The summed E-state index contributed by atoms with van der Waals surface area (Å²) in [6, 6.07) is 18.2. The molecule has 0 spiro atoms. The van der Waals surface area contributed by atoms with Crippen LogP contribution in [0.15, 0.2) is 76.6 Å². The van der Waals surface area contributed by atoms with E-state index in [9.17, 15) is 0 Å². The molecule has 0 aliphatic carbocycles. The number of hydrogen-bond donors (Lipinski definition) is 0. The van der Waals surface area contributed by atoms with Crippen LogP contribution in [-0.4, -0.2) is 22.8 Å². The summed E-state index contributed by atoms with van der Waals surface area (Å²) in [5.41, 5.74) is 4.21. The van der Waals surface area contributed by atoms with Gasteiger partial charge in [0, 0.05) is 40.0 Å². The molecule has 5 nitrogen and oxygen atoms in total. The maximum Gasteiger partial charge on any atom is 0.215 e. The van der Waals surface area contributed by atoms with Crippen LogP contribution in [0, 0.1) is 0 Å². The van der Waals surface area contributed by atoms with E-state index in [2.05, 4.69) is 38.1 Å². The molecule has 2 atom stereocenters. The summed E-state index contributed by atoms with van der Waals surface area (Å²) in [7, 11) is 1.68. The number of methoxy groups -OCH3 is 1. The lowest BCUT2D eigenvalue weighted by Crippen LogP contribution is -2.33. The Morgan fingerprint density at radius 3 is 2.89 bits per heavy atom. The average molecular weight is 436 g/mol. The van der Waals surface area contributed by atoms with Crippen LogP contribution >= 0.6 is 15.9 Å². The highest BCUT2D eigenvalue weighted by Gasteiger charge is 2.41. The molecule has 0 amide bonds. The fourth-order valence-corrected chi connectivity index (χ4v) is 4.16. The van der Waals surface area contributed by atoms with Crippen molar-refractivity contribution in [1.82, 2.24) is 9.99 Å². The van der Waals surface area contributed by atoms with Gasteiger partial charge in [0.05, 0.1) is 18.9 Å². The molecule has 0 unspecified atom stereocenters. The van der Waals surface area contributed by atoms with Crippen LogP contribution in [0.4, 0.5) is 0 Å². The zero-order valence-electron chi connectivity index (χ0n) is 15.2. The maximum absolute atomic E-state index is 6.35. The largest absolute Gasteiger partial charge is 0.497 e. The van der Waals surface area contributed by atoms with Crippen molar-refractivity contribution in [3.63, 3.8) is 0 Å². The Balaban J connectivity index is 1.60. The van der Waals surface area contributed by atoms with Crippen LogP contribution in [-0.2, 0) is 0 Å². The molecule has 2 aliphatic rings. The highest BCUT2D eigenvalue weighted by atomic mass is 79.9. The van der Waals surface area contributed by atoms with Crippen molar-refractivity contribution in [3.05, 3.63) is 88.2 Å². The van der Waals surface area contributed by atoms with E-state index in [1.807, 2.05) is 48.7 Å². The normalized spacial score (nSPS) is 20.1. The molecule has 6 heteroatoms. The number of benzene rings is 2. The van der Waals surface area contributed by atoms with Gasteiger partial charge in [-0.2, -0.15) is 5.10 Å².